The Balaban J connectivity index is 1.17. The number of benzene rings is 2. The molecule has 30 heavy (non-hydrogen) atoms. The lowest BCUT2D eigenvalue weighted by Gasteiger charge is -2.31. The fourth-order valence-corrected chi connectivity index (χ4v) is 5.28. The summed E-state index contributed by atoms with van der Waals surface area (Å²) in [5.41, 5.74) is 2.70. The Labute approximate surface area is 180 Å². The molecular weight excluding hydrogens is 399 g/mol. The normalized spacial score (nSPS) is 20.5. The van der Waals surface area contributed by atoms with Gasteiger partial charge in [-0.05, 0) is 99.1 Å². The van der Waals surface area contributed by atoms with Crippen molar-refractivity contribution in [2.75, 3.05) is 5.75 Å². The number of oxazole rings is 1. The monoisotopic (exact) mass is 428 g/mol. The fourth-order valence-electron chi connectivity index (χ4n) is 4.41. The van der Waals surface area contributed by atoms with E-state index in [9.17, 15) is 9.18 Å². The van der Waals surface area contributed by atoms with Gasteiger partial charge in [0.1, 0.15) is 5.82 Å². The van der Waals surface area contributed by atoms with Crippen LogP contribution in [0.1, 0.15) is 56.9 Å². The first-order valence-corrected chi connectivity index (χ1v) is 11.8. The van der Waals surface area contributed by atoms with Crippen LogP contribution >= 0.6 is 11.8 Å². The highest BCUT2D eigenvalue weighted by Gasteiger charge is 2.23. The molecule has 1 fully saturated rings. The number of hydrogen-bond donors (Lipinski definition) is 2. The van der Waals surface area contributed by atoms with Gasteiger partial charge in [0.2, 0.25) is 0 Å². The summed E-state index contributed by atoms with van der Waals surface area (Å²) in [6.07, 6.45) is 6.96. The Morgan fingerprint density at radius 1 is 1.17 bits per heavy atom. The molecule has 0 aliphatic heterocycles. The molecule has 1 heterocycles. The molecule has 0 saturated heterocycles. The molecule has 1 aliphatic rings. The molecule has 0 radical (unpaired) electrons. The van der Waals surface area contributed by atoms with Crippen molar-refractivity contribution in [3.63, 3.8) is 0 Å². The van der Waals surface area contributed by atoms with Crippen molar-refractivity contribution in [1.82, 2.24) is 10.3 Å². The van der Waals surface area contributed by atoms with Crippen molar-refractivity contribution in [1.29, 1.82) is 0 Å². The van der Waals surface area contributed by atoms with Crippen molar-refractivity contribution in [2.24, 2.45) is 0 Å². The topological polar surface area (TPSA) is 58.0 Å². The van der Waals surface area contributed by atoms with E-state index in [1.54, 1.807) is 11.8 Å². The maximum Gasteiger partial charge on any atom is 0.417 e. The van der Waals surface area contributed by atoms with Crippen LogP contribution in [0.4, 0.5) is 4.39 Å². The third-order valence-electron chi connectivity index (χ3n) is 6.03. The summed E-state index contributed by atoms with van der Waals surface area (Å²) in [7, 11) is 0. The van der Waals surface area contributed by atoms with Gasteiger partial charge in [-0.15, -0.1) is 11.8 Å². The summed E-state index contributed by atoms with van der Waals surface area (Å²) >= 11 is 1.79. The van der Waals surface area contributed by atoms with Gasteiger partial charge in [0.15, 0.2) is 5.58 Å². The molecule has 2 aromatic carbocycles. The first kappa shape index (κ1) is 21.2. The van der Waals surface area contributed by atoms with Crippen LogP contribution in [0.2, 0.25) is 0 Å². The van der Waals surface area contributed by atoms with Crippen LogP contribution in [0.15, 0.2) is 56.6 Å². The first-order valence-electron chi connectivity index (χ1n) is 10.8. The number of aromatic amines is 1. The molecule has 1 aromatic heterocycles. The highest BCUT2D eigenvalue weighted by molar-refractivity contribution is 7.99. The standard InChI is InChI=1S/C24H29FN2O2S/c1-16(3-2-14-30-21-11-7-19(25)8-12-21)26-20-9-4-17(5-10-20)18-6-13-22-23(15-18)29-24(28)27-22/h6-8,11-13,15-17,20,26H,2-5,9-10,14H2,1H3,(H,27,28)/t16-,17?,20?/m0/s1. The maximum atomic E-state index is 13.0. The predicted molar refractivity (Wildman–Crippen MR) is 121 cm³/mol. The van der Waals surface area contributed by atoms with Gasteiger partial charge in [-0.2, -0.15) is 0 Å². The zero-order valence-corrected chi connectivity index (χ0v) is 18.1. The summed E-state index contributed by atoms with van der Waals surface area (Å²) in [6.45, 7) is 2.27. The van der Waals surface area contributed by atoms with E-state index in [0.29, 0.717) is 23.6 Å². The molecule has 160 valence electrons. The van der Waals surface area contributed by atoms with E-state index < -0.39 is 0 Å². The highest BCUT2D eigenvalue weighted by Crippen LogP contribution is 2.34. The fraction of sp³-hybridized carbons (Fsp3) is 0.458. The largest absolute Gasteiger partial charge is 0.417 e. The predicted octanol–water partition coefficient (Wildman–Crippen LogP) is 5.84. The number of halogens is 1. The van der Waals surface area contributed by atoms with Gasteiger partial charge in [0.25, 0.3) is 0 Å². The van der Waals surface area contributed by atoms with Gasteiger partial charge in [-0.25, -0.2) is 9.18 Å². The van der Waals surface area contributed by atoms with Crippen molar-refractivity contribution >= 4 is 22.9 Å². The van der Waals surface area contributed by atoms with Crippen molar-refractivity contribution in [3.8, 4) is 0 Å². The molecule has 1 aliphatic carbocycles. The Morgan fingerprint density at radius 2 is 1.93 bits per heavy atom. The Bertz CT molecular complexity index is 1010. The zero-order chi connectivity index (χ0) is 20.9. The lowest BCUT2D eigenvalue weighted by atomic mass is 9.81. The van der Waals surface area contributed by atoms with Crippen LogP contribution in [0, 0.1) is 5.82 Å². The molecule has 0 spiro atoms. The molecule has 1 saturated carbocycles. The molecule has 4 rings (SSSR count). The molecule has 1 atom stereocenters. The molecule has 0 bridgehead atoms. The molecule has 0 unspecified atom stereocenters. The minimum atomic E-state index is -0.389. The van der Waals surface area contributed by atoms with E-state index in [-0.39, 0.29) is 11.6 Å². The van der Waals surface area contributed by atoms with E-state index in [0.717, 1.165) is 41.8 Å². The van der Waals surface area contributed by atoms with Gasteiger partial charge >= 0.3 is 5.76 Å². The van der Waals surface area contributed by atoms with Crippen LogP contribution in [-0.4, -0.2) is 22.8 Å². The summed E-state index contributed by atoms with van der Waals surface area (Å²) in [4.78, 5) is 15.2. The second-order valence-corrected chi connectivity index (χ2v) is 9.50. The number of hydrogen-bond acceptors (Lipinski definition) is 4. The van der Waals surface area contributed by atoms with Gasteiger partial charge in [0, 0.05) is 17.0 Å². The van der Waals surface area contributed by atoms with Crippen LogP contribution in [-0.2, 0) is 0 Å². The van der Waals surface area contributed by atoms with E-state index >= 15 is 0 Å². The number of rotatable bonds is 8. The molecule has 3 aromatic rings. The summed E-state index contributed by atoms with van der Waals surface area (Å²) < 4.78 is 18.2. The zero-order valence-electron chi connectivity index (χ0n) is 17.3. The molecule has 0 amide bonds. The number of nitrogens with one attached hydrogen (secondary N) is 2. The quantitative estimate of drug-likeness (QED) is 0.350. The van der Waals surface area contributed by atoms with Gasteiger partial charge in [-0.3, -0.25) is 4.98 Å². The van der Waals surface area contributed by atoms with Gasteiger partial charge in [-0.1, -0.05) is 6.07 Å². The number of thioether (sulfide) groups is 1. The van der Waals surface area contributed by atoms with E-state index in [2.05, 4.69) is 23.3 Å². The molecule has 2 N–H and O–H groups in total. The molecule has 4 nitrogen and oxygen atoms in total. The van der Waals surface area contributed by atoms with Gasteiger partial charge < -0.3 is 9.73 Å². The van der Waals surface area contributed by atoms with Crippen LogP contribution in [0.3, 0.4) is 0 Å². The third kappa shape index (κ3) is 5.55. The Morgan fingerprint density at radius 3 is 2.70 bits per heavy atom. The van der Waals surface area contributed by atoms with E-state index in [1.165, 1.54) is 30.5 Å². The molecular formula is C24H29FN2O2S. The van der Waals surface area contributed by atoms with E-state index in [1.807, 2.05) is 24.3 Å². The van der Waals surface area contributed by atoms with Crippen LogP contribution < -0.4 is 11.1 Å². The lowest BCUT2D eigenvalue weighted by molar-refractivity contribution is 0.314. The Hall–Kier alpha value is -2.05. The lowest BCUT2D eigenvalue weighted by Crippen LogP contribution is -2.38. The smallest absolute Gasteiger partial charge is 0.408 e. The Kier molecular flexibility index (Phi) is 6.95. The number of H-pyrrole nitrogens is 1. The second kappa shape index (κ2) is 9.84. The van der Waals surface area contributed by atoms with Crippen molar-refractivity contribution in [3.05, 3.63) is 64.4 Å². The summed E-state index contributed by atoms with van der Waals surface area (Å²) in [6, 6.07) is 13.9. The number of aromatic nitrogens is 1. The van der Waals surface area contributed by atoms with Crippen molar-refractivity contribution < 1.29 is 8.81 Å². The highest BCUT2D eigenvalue weighted by atomic mass is 32.2. The van der Waals surface area contributed by atoms with Crippen molar-refractivity contribution in [2.45, 2.75) is 68.3 Å². The summed E-state index contributed by atoms with van der Waals surface area (Å²) in [5, 5.41) is 3.81. The SMILES string of the molecule is C[C@@H](CCCSc1ccc(F)cc1)NC1CCC(c2ccc3[nH]c(=O)oc3c2)CC1. The maximum absolute atomic E-state index is 13.0. The third-order valence-corrected chi connectivity index (χ3v) is 7.13. The minimum Gasteiger partial charge on any atom is -0.408 e. The van der Waals surface area contributed by atoms with Crippen LogP contribution in [0.5, 0.6) is 0 Å². The van der Waals surface area contributed by atoms with Gasteiger partial charge in [0.05, 0.1) is 5.52 Å². The van der Waals surface area contributed by atoms with Crippen LogP contribution in [0.25, 0.3) is 11.1 Å². The molecule has 6 heteroatoms. The van der Waals surface area contributed by atoms with E-state index in [4.69, 9.17) is 4.42 Å². The first-order chi connectivity index (χ1) is 14.6. The minimum absolute atomic E-state index is 0.177. The summed E-state index contributed by atoms with van der Waals surface area (Å²) in [5.74, 6) is 1.03. The average molecular weight is 429 g/mol. The average Bonchev–Trinajstić information content (AvgIpc) is 3.12. The second-order valence-electron chi connectivity index (χ2n) is 8.33. The number of fused-ring (bicyclic) bond motifs is 1.